The molecular formula is C15H29NO2. The molecule has 1 saturated heterocycles. The van der Waals surface area contributed by atoms with Gasteiger partial charge in [0.05, 0.1) is 22.7 Å². The second-order valence-electron chi connectivity index (χ2n) is 7.11. The summed E-state index contributed by atoms with van der Waals surface area (Å²) in [6, 6.07) is 0. The number of likely N-dealkylation sites (N-methyl/N-ethyl adjacent to an activating group) is 1. The van der Waals surface area contributed by atoms with Crippen molar-refractivity contribution in [3.05, 3.63) is 0 Å². The molecule has 0 aromatic carbocycles. The Morgan fingerprint density at radius 2 is 1.83 bits per heavy atom. The van der Waals surface area contributed by atoms with Crippen LogP contribution in [0.3, 0.4) is 0 Å². The van der Waals surface area contributed by atoms with Crippen LogP contribution in [0.5, 0.6) is 0 Å². The van der Waals surface area contributed by atoms with Gasteiger partial charge in [0.25, 0.3) is 0 Å². The van der Waals surface area contributed by atoms with E-state index in [2.05, 4.69) is 20.8 Å². The summed E-state index contributed by atoms with van der Waals surface area (Å²) in [6.07, 6.45) is 1.63. The van der Waals surface area contributed by atoms with Crippen LogP contribution >= 0.6 is 0 Å². The molecule has 18 heavy (non-hydrogen) atoms. The number of rotatable bonds is 4. The van der Waals surface area contributed by atoms with Gasteiger partial charge in [0, 0.05) is 0 Å². The van der Waals surface area contributed by atoms with Crippen LogP contribution in [0.4, 0.5) is 0 Å². The Bertz CT molecular complexity index is 333. The first-order chi connectivity index (χ1) is 7.96. The summed E-state index contributed by atoms with van der Waals surface area (Å²) in [5.41, 5.74) is -0.969. The molecule has 2 atom stereocenters. The number of hydrogen-bond acceptors (Lipinski definition) is 3. The Kier molecular flexibility index (Phi) is 4.00. The molecule has 0 bridgehead atoms. The lowest BCUT2D eigenvalue weighted by Gasteiger charge is -2.38. The first kappa shape index (κ1) is 15.6. The van der Waals surface area contributed by atoms with Gasteiger partial charge in [-0.2, -0.15) is 0 Å². The predicted molar refractivity (Wildman–Crippen MR) is 74.7 cm³/mol. The fourth-order valence-electron chi connectivity index (χ4n) is 3.06. The molecule has 0 amide bonds. The third-order valence-corrected chi connectivity index (χ3v) is 4.60. The number of carbonyl (C=O) groups excluding carboxylic acids is 1. The normalized spacial score (nSPS) is 29.3. The first-order valence-electron chi connectivity index (χ1n) is 6.88. The second kappa shape index (κ2) is 4.61. The molecule has 106 valence electrons. The third kappa shape index (κ3) is 2.62. The molecule has 1 aliphatic heterocycles. The fourth-order valence-corrected chi connectivity index (χ4v) is 3.06. The molecule has 0 saturated carbocycles. The average molecular weight is 255 g/mol. The van der Waals surface area contributed by atoms with Gasteiger partial charge in [-0.1, -0.05) is 6.92 Å². The number of hydrogen-bond donors (Lipinski definition) is 0. The molecule has 1 fully saturated rings. The highest BCUT2D eigenvalue weighted by molar-refractivity contribution is 5.91. The van der Waals surface area contributed by atoms with Gasteiger partial charge >= 0.3 is 0 Å². The van der Waals surface area contributed by atoms with Gasteiger partial charge < -0.3 is 4.74 Å². The molecule has 3 heteroatoms. The highest BCUT2D eigenvalue weighted by Gasteiger charge is 2.53. The van der Waals surface area contributed by atoms with Crippen molar-refractivity contribution >= 4 is 5.78 Å². The highest BCUT2D eigenvalue weighted by Crippen LogP contribution is 2.44. The Labute approximate surface area is 112 Å². The first-order valence-corrected chi connectivity index (χ1v) is 6.88. The monoisotopic (exact) mass is 255 g/mol. The number of carbonyl (C=O) groups is 1. The van der Waals surface area contributed by atoms with Crippen molar-refractivity contribution in [2.24, 2.45) is 5.92 Å². The minimum absolute atomic E-state index is 0.0279. The van der Waals surface area contributed by atoms with Gasteiger partial charge in [-0.25, -0.2) is 0 Å². The van der Waals surface area contributed by atoms with Crippen LogP contribution < -0.4 is 0 Å². The number of nitrogens with zero attached hydrogens (tertiary/aromatic N) is 1. The maximum atomic E-state index is 12.9. The van der Waals surface area contributed by atoms with Crippen molar-refractivity contribution in [1.29, 1.82) is 0 Å². The van der Waals surface area contributed by atoms with Gasteiger partial charge in [-0.15, -0.1) is 0 Å². The molecule has 0 aliphatic carbocycles. The lowest BCUT2D eigenvalue weighted by Crippen LogP contribution is -2.53. The molecule has 0 aromatic heterocycles. The molecule has 1 rings (SSSR count). The number of Topliss-reactive ketones (excluding diaryl/α,β-unsaturated/α-hetero) is 1. The average Bonchev–Trinajstić information content (AvgIpc) is 2.43. The largest absolute Gasteiger partial charge is 0.369 e. The summed E-state index contributed by atoms with van der Waals surface area (Å²) in [5.74, 6) is 0.283. The van der Waals surface area contributed by atoms with E-state index in [-0.39, 0.29) is 17.1 Å². The maximum absolute atomic E-state index is 12.9. The van der Waals surface area contributed by atoms with Crippen molar-refractivity contribution in [2.75, 3.05) is 14.1 Å². The van der Waals surface area contributed by atoms with Crippen LogP contribution in [-0.2, 0) is 9.53 Å². The molecular weight excluding hydrogens is 226 g/mol. The standard InChI is InChI=1S/C15H29NO2/c1-9-15(6,16(7)8)12(17)11-10-13(2,3)18-14(11,4)5/h11H,9-10H2,1-8H3. The zero-order valence-corrected chi connectivity index (χ0v) is 13.3. The zero-order valence-electron chi connectivity index (χ0n) is 13.3. The molecule has 1 aliphatic rings. The van der Waals surface area contributed by atoms with Crippen molar-refractivity contribution in [3.63, 3.8) is 0 Å². The van der Waals surface area contributed by atoms with E-state index in [0.717, 1.165) is 12.8 Å². The Morgan fingerprint density at radius 3 is 2.11 bits per heavy atom. The van der Waals surface area contributed by atoms with Crippen molar-refractivity contribution in [2.45, 2.75) is 71.1 Å². The summed E-state index contributed by atoms with van der Waals surface area (Å²) >= 11 is 0. The predicted octanol–water partition coefficient (Wildman–Crippen LogP) is 2.88. The van der Waals surface area contributed by atoms with Crippen LogP contribution in [0.2, 0.25) is 0 Å². The second-order valence-corrected chi connectivity index (χ2v) is 7.11. The molecule has 0 spiro atoms. The lowest BCUT2D eigenvalue weighted by atomic mass is 9.75. The van der Waals surface area contributed by atoms with Crippen LogP contribution in [0.25, 0.3) is 0 Å². The van der Waals surface area contributed by atoms with Crippen molar-refractivity contribution in [3.8, 4) is 0 Å². The van der Waals surface area contributed by atoms with Crippen LogP contribution in [0.15, 0.2) is 0 Å². The Balaban J connectivity index is 3.04. The van der Waals surface area contributed by atoms with Gasteiger partial charge in [-0.3, -0.25) is 9.69 Å². The van der Waals surface area contributed by atoms with E-state index >= 15 is 0 Å². The van der Waals surface area contributed by atoms with E-state index in [4.69, 9.17) is 4.74 Å². The van der Waals surface area contributed by atoms with Gasteiger partial charge in [-0.05, 0) is 61.6 Å². The Morgan fingerprint density at radius 1 is 1.33 bits per heavy atom. The molecule has 0 aromatic rings. The summed E-state index contributed by atoms with van der Waals surface area (Å²) < 4.78 is 6.05. The van der Waals surface area contributed by atoms with E-state index in [1.165, 1.54) is 0 Å². The fraction of sp³-hybridized carbons (Fsp3) is 0.933. The van der Waals surface area contributed by atoms with E-state index < -0.39 is 5.54 Å². The molecule has 0 radical (unpaired) electrons. The van der Waals surface area contributed by atoms with E-state index in [1.807, 2.05) is 39.8 Å². The maximum Gasteiger partial charge on any atom is 0.158 e. The van der Waals surface area contributed by atoms with Crippen LogP contribution in [-0.4, -0.2) is 41.5 Å². The lowest BCUT2D eigenvalue weighted by molar-refractivity contribution is -0.139. The number of ether oxygens (including phenoxy) is 1. The van der Waals surface area contributed by atoms with Gasteiger partial charge in [0.2, 0.25) is 0 Å². The quantitative estimate of drug-likeness (QED) is 0.773. The summed E-state index contributed by atoms with van der Waals surface area (Å²) in [6.45, 7) is 12.3. The van der Waals surface area contributed by atoms with Crippen LogP contribution in [0, 0.1) is 5.92 Å². The highest BCUT2D eigenvalue weighted by atomic mass is 16.5. The SMILES string of the molecule is CCC(C)(C(=O)C1CC(C)(C)OC1(C)C)N(C)C. The van der Waals surface area contributed by atoms with E-state index in [0.29, 0.717) is 5.78 Å². The third-order valence-electron chi connectivity index (χ3n) is 4.60. The van der Waals surface area contributed by atoms with E-state index in [9.17, 15) is 4.79 Å². The van der Waals surface area contributed by atoms with Gasteiger partial charge in [0.1, 0.15) is 0 Å². The van der Waals surface area contributed by atoms with Crippen LogP contribution in [0.1, 0.15) is 54.4 Å². The molecule has 1 heterocycles. The topological polar surface area (TPSA) is 29.5 Å². The smallest absolute Gasteiger partial charge is 0.158 e. The summed E-state index contributed by atoms with van der Waals surface area (Å²) in [4.78, 5) is 15.0. The molecule has 2 unspecified atom stereocenters. The van der Waals surface area contributed by atoms with Gasteiger partial charge in [0.15, 0.2) is 5.78 Å². The summed E-state index contributed by atoms with van der Waals surface area (Å²) in [5, 5.41) is 0. The van der Waals surface area contributed by atoms with E-state index in [1.54, 1.807) is 0 Å². The number of ketones is 1. The summed E-state index contributed by atoms with van der Waals surface area (Å²) in [7, 11) is 3.96. The molecule has 0 N–H and O–H groups in total. The van der Waals surface area contributed by atoms with Crippen molar-refractivity contribution < 1.29 is 9.53 Å². The van der Waals surface area contributed by atoms with Crippen molar-refractivity contribution in [1.82, 2.24) is 4.90 Å². The Hall–Kier alpha value is -0.410. The minimum atomic E-state index is -0.397. The minimum Gasteiger partial charge on any atom is -0.369 e. The zero-order chi connectivity index (χ0) is 14.4. The molecule has 3 nitrogen and oxygen atoms in total.